The van der Waals surface area contributed by atoms with Crippen molar-refractivity contribution in [1.82, 2.24) is 8.80 Å². The van der Waals surface area contributed by atoms with E-state index in [1.54, 1.807) is 0 Å². The van der Waals surface area contributed by atoms with Crippen LogP contribution in [0, 0.1) is 12.1 Å². The van der Waals surface area contributed by atoms with Gasteiger partial charge in [-0.05, 0) is 29.1 Å². The molecule has 166 valence electrons. The molecule has 0 aliphatic rings. The molecule has 4 aromatic heterocycles. The predicted octanol–water partition coefficient (Wildman–Crippen LogP) is 8.10. The molecule has 0 bridgehead atoms. The first kappa shape index (κ1) is 22.0. The fourth-order valence-corrected chi connectivity index (χ4v) is 6.32. The van der Waals surface area contributed by atoms with Crippen LogP contribution in [-0.4, -0.2) is 8.80 Å². The Morgan fingerprint density at radius 1 is 0.528 bits per heavy atom. The molecule has 0 saturated heterocycles. The Labute approximate surface area is 235 Å². The Bertz CT molecular complexity index is 2220. The van der Waals surface area contributed by atoms with Crippen LogP contribution in [0.1, 0.15) is 0 Å². The van der Waals surface area contributed by atoms with Crippen LogP contribution in [0.25, 0.3) is 76.5 Å². The summed E-state index contributed by atoms with van der Waals surface area (Å²) in [7, 11) is 0. The average Bonchev–Trinajstić information content (AvgIpc) is 3.63. The SMILES string of the molecule is [W+2].[W].[c-]1ccccc1-c1[c-]c2cccc3c4c5c6cccc7c8ccccc8n(c5ccc4n1c23)c76. The Hall–Kier alpha value is -3.18. The Morgan fingerprint density at radius 2 is 1.19 bits per heavy atom. The van der Waals surface area contributed by atoms with Crippen molar-refractivity contribution in [3.63, 3.8) is 0 Å². The van der Waals surface area contributed by atoms with Gasteiger partial charge in [-0.25, -0.2) is 5.56 Å². The van der Waals surface area contributed by atoms with Gasteiger partial charge >= 0.3 is 21.1 Å². The summed E-state index contributed by atoms with van der Waals surface area (Å²) >= 11 is 0. The molecule has 0 fully saturated rings. The minimum Gasteiger partial charge on any atom is -0.408 e. The van der Waals surface area contributed by atoms with Gasteiger partial charge in [0.15, 0.2) is 0 Å². The molecule has 0 atom stereocenters. The maximum absolute atomic E-state index is 3.66. The van der Waals surface area contributed by atoms with Crippen LogP contribution in [0.4, 0.5) is 0 Å². The van der Waals surface area contributed by atoms with Gasteiger partial charge in [0.2, 0.25) is 0 Å². The van der Waals surface area contributed by atoms with Crippen LogP contribution < -0.4 is 0 Å². The van der Waals surface area contributed by atoms with Gasteiger partial charge in [0, 0.05) is 53.5 Å². The molecule has 4 heteroatoms. The number of benzene rings is 5. The van der Waals surface area contributed by atoms with Crippen LogP contribution in [0.15, 0.2) is 97.1 Å². The van der Waals surface area contributed by atoms with Gasteiger partial charge in [-0.3, -0.25) is 0 Å². The van der Waals surface area contributed by atoms with Crippen molar-refractivity contribution in [2.75, 3.05) is 0 Å². The number of hydrogen-bond donors (Lipinski definition) is 0. The number of hydrogen-bond acceptors (Lipinski definition) is 0. The maximum Gasteiger partial charge on any atom is 2.00 e. The largest absolute Gasteiger partial charge is 2.00 e. The van der Waals surface area contributed by atoms with E-state index < -0.39 is 0 Å². The van der Waals surface area contributed by atoms with E-state index in [4.69, 9.17) is 0 Å². The first-order chi connectivity index (χ1) is 16.9. The number of para-hydroxylation sites is 3. The van der Waals surface area contributed by atoms with Crippen molar-refractivity contribution in [2.45, 2.75) is 0 Å². The van der Waals surface area contributed by atoms with Gasteiger partial charge in [-0.1, -0.05) is 42.5 Å². The fraction of sp³-hybridized carbons (Fsp3) is 0. The van der Waals surface area contributed by atoms with Crippen molar-refractivity contribution in [3.8, 4) is 11.3 Å². The van der Waals surface area contributed by atoms with Crippen LogP contribution in [0.3, 0.4) is 0 Å². The summed E-state index contributed by atoms with van der Waals surface area (Å²) in [5, 5.41) is 9.05. The van der Waals surface area contributed by atoms with Gasteiger partial charge in [-0.15, -0.1) is 29.3 Å². The third-order valence-electron chi connectivity index (χ3n) is 7.58. The molecule has 0 unspecified atom stereocenters. The van der Waals surface area contributed by atoms with E-state index in [1.165, 1.54) is 59.9 Å². The van der Waals surface area contributed by atoms with E-state index in [0.717, 1.165) is 16.6 Å². The van der Waals surface area contributed by atoms with E-state index in [1.807, 2.05) is 12.1 Å². The smallest absolute Gasteiger partial charge is 0.408 e. The Morgan fingerprint density at radius 3 is 2.00 bits per heavy atom. The zero-order valence-corrected chi connectivity index (χ0v) is 24.8. The maximum atomic E-state index is 3.66. The van der Waals surface area contributed by atoms with Crippen molar-refractivity contribution in [1.29, 1.82) is 0 Å². The first-order valence-corrected chi connectivity index (χ1v) is 11.6. The second-order valence-corrected chi connectivity index (χ2v) is 9.20. The van der Waals surface area contributed by atoms with Crippen molar-refractivity contribution in [2.24, 2.45) is 0 Å². The molecular weight excluding hydrogens is 780 g/mol. The molecule has 0 aliphatic heterocycles. The van der Waals surface area contributed by atoms with Crippen LogP contribution in [-0.2, 0) is 42.1 Å². The second kappa shape index (κ2) is 7.66. The van der Waals surface area contributed by atoms with Crippen molar-refractivity contribution < 1.29 is 42.1 Å². The van der Waals surface area contributed by atoms with Gasteiger partial charge in [0.1, 0.15) is 0 Å². The minimum absolute atomic E-state index is 0. The molecule has 0 amide bonds. The summed E-state index contributed by atoms with van der Waals surface area (Å²) in [5.41, 5.74) is 8.47. The topological polar surface area (TPSA) is 8.82 Å². The van der Waals surface area contributed by atoms with Crippen molar-refractivity contribution in [3.05, 3.63) is 109 Å². The van der Waals surface area contributed by atoms with Gasteiger partial charge in [0.05, 0.1) is 16.6 Å². The number of rotatable bonds is 1. The summed E-state index contributed by atoms with van der Waals surface area (Å²) < 4.78 is 4.85. The Balaban J connectivity index is 0.00000110. The molecular formula is C32H16N2W2. The summed E-state index contributed by atoms with van der Waals surface area (Å²) in [6.45, 7) is 0. The van der Waals surface area contributed by atoms with Gasteiger partial charge in [0.25, 0.3) is 0 Å². The Kier molecular flexibility index (Phi) is 4.69. The van der Waals surface area contributed by atoms with E-state index in [2.05, 4.69) is 106 Å². The minimum atomic E-state index is 0. The second-order valence-electron chi connectivity index (χ2n) is 9.20. The third-order valence-corrected chi connectivity index (χ3v) is 7.58. The van der Waals surface area contributed by atoms with E-state index >= 15 is 0 Å². The molecule has 0 aliphatic carbocycles. The average molecular weight is 796 g/mol. The molecule has 0 spiro atoms. The molecule has 0 N–H and O–H groups in total. The number of fused-ring (bicyclic) bond motifs is 10. The van der Waals surface area contributed by atoms with Crippen LogP contribution in [0.5, 0.6) is 0 Å². The summed E-state index contributed by atoms with van der Waals surface area (Å²) in [6, 6.07) is 42.0. The zero-order chi connectivity index (χ0) is 22.0. The monoisotopic (exact) mass is 796 g/mol. The van der Waals surface area contributed by atoms with Crippen LogP contribution >= 0.6 is 0 Å². The van der Waals surface area contributed by atoms with E-state index in [-0.39, 0.29) is 42.1 Å². The molecule has 9 rings (SSSR count). The molecule has 5 aromatic carbocycles. The van der Waals surface area contributed by atoms with E-state index in [9.17, 15) is 0 Å². The van der Waals surface area contributed by atoms with Gasteiger partial charge < -0.3 is 8.80 Å². The van der Waals surface area contributed by atoms with E-state index in [0.29, 0.717) is 0 Å². The molecule has 4 heterocycles. The normalized spacial score (nSPS) is 12.0. The standard InChI is InChI=1S/C32H16N2.2W/c1-2-8-19(9-3-1)28-18-20-10-6-13-23-29-27(34(28)31(20)23)17-16-26-30(29)24-14-7-12-22-21-11-4-5-15-25(21)33(26)32(22)24;;/h1-8,10-17H;;/q-2;;+2. The molecule has 36 heavy (non-hydrogen) atoms. The van der Waals surface area contributed by atoms with Gasteiger partial charge in [-0.2, -0.15) is 30.3 Å². The third kappa shape index (κ3) is 2.49. The molecule has 9 aromatic rings. The van der Waals surface area contributed by atoms with Crippen LogP contribution in [0.2, 0.25) is 0 Å². The summed E-state index contributed by atoms with van der Waals surface area (Å²) in [4.78, 5) is 0. The quantitative estimate of drug-likeness (QED) is 0.149. The first-order valence-electron chi connectivity index (χ1n) is 11.6. The zero-order valence-electron chi connectivity index (χ0n) is 18.9. The predicted molar refractivity (Wildman–Crippen MR) is 141 cm³/mol. The molecule has 2 nitrogen and oxygen atoms in total. The number of aromatic nitrogens is 2. The summed E-state index contributed by atoms with van der Waals surface area (Å²) in [6.07, 6.45) is 0. The summed E-state index contributed by atoms with van der Waals surface area (Å²) in [5.74, 6) is 0. The molecule has 0 saturated carbocycles. The fourth-order valence-electron chi connectivity index (χ4n) is 6.32. The van der Waals surface area contributed by atoms with Crippen molar-refractivity contribution >= 4 is 65.3 Å². The number of nitrogens with zero attached hydrogens (tertiary/aromatic N) is 2. The molecule has 0 radical (unpaired) electrons.